The summed E-state index contributed by atoms with van der Waals surface area (Å²) in [5.41, 5.74) is 0. The Morgan fingerprint density at radius 2 is 1.92 bits per heavy atom. The molecular formula is C18H31ClIN3O2. The summed E-state index contributed by atoms with van der Waals surface area (Å²) in [7, 11) is 0. The van der Waals surface area contributed by atoms with Crippen molar-refractivity contribution < 1.29 is 9.84 Å². The minimum atomic E-state index is 0. The first-order chi connectivity index (χ1) is 11.7. The molecule has 0 aliphatic rings. The summed E-state index contributed by atoms with van der Waals surface area (Å²) in [6.07, 6.45) is 3.00. The predicted molar refractivity (Wildman–Crippen MR) is 116 cm³/mol. The Labute approximate surface area is 173 Å². The summed E-state index contributed by atoms with van der Waals surface area (Å²) in [6, 6.07) is 7.33. The molecule has 0 spiro atoms. The molecule has 1 atom stereocenters. The van der Waals surface area contributed by atoms with E-state index in [4.69, 9.17) is 21.4 Å². The van der Waals surface area contributed by atoms with Gasteiger partial charge in [-0.15, -0.1) is 24.0 Å². The number of guanidine groups is 1. The van der Waals surface area contributed by atoms with E-state index in [0.29, 0.717) is 24.1 Å². The summed E-state index contributed by atoms with van der Waals surface area (Å²) in [4.78, 5) is 4.62. The lowest BCUT2D eigenvalue weighted by atomic mass is 10.0. The Morgan fingerprint density at radius 3 is 2.52 bits per heavy atom. The first kappa shape index (κ1) is 24.3. The number of benzene rings is 1. The summed E-state index contributed by atoms with van der Waals surface area (Å²) in [6.45, 7) is 7.15. The monoisotopic (exact) mass is 483 g/mol. The van der Waals surface area contributed by atoms with E-state index < -0.39 is 0 Å². The van der Waals surface area contributed by atoms with E-state index in [1.807, 2.05) is 31.2 Å². The molecule has 0 fully saturated rings. The molecule has 5 nitrogen and oxygen atoms in total. The summed E-state index contributed by atoms with van der Waals surface area (Å²) < 4.78 is 5.66. The zero-order valence-corrected chi connectivity index (χ0v) is 18.2. The number of nitrogens with zero attached hydrogens (tertiary/aromatic N) is 1. The summed E-state index contributed by atoms with van der Waals surface area (Å²) in [5, 5.41) is 16.3. The van der Waals surface area contributed by atoms with Crippen LogP contribution in [0.25, 0.3) is 0 Å². The molecule has 0 saturated heterocycles. The van der Waals surface area contributed by atoms with E-state index >= 15 is 0 Å². The van der Waals surface area contributed by atoms with E-state index in [2.05, 4.69) is 22.5 Å². The zero-order chi connectivity index (χ0) is 17.6. The molecule has 0 aliphatic heterocycles. The zero-order valence-electron chi connectivity index (χ0n) is 15.1. The lowest BCUT2D eigenvalue weighted by Gasteiger charge is -2.15. The van der Waals surface area contributed by atoms with Crippen LogP contribution in [0.1, 0.15) is 33.1 Å². The second kappa shape index (κ2) is 15.5. The molecule has 25 heavy (non-hydrogen) atoms. The lowest BCUT2D eigenvalue weighted by Crippen LogP contribution is -2.39. The van der Waals surface area contributed by atoms with Gasteiger partial charge < -0.3 is 20.5 Å². The van der Waals surface area contributed by atoms with Crippen LogP contribution in [0, 0.1) is 5.92 Å². The molecule has 144 valence electrons. The molecule has 3 N–H and O–H groups in total. The maximum atomic E-state index is 9.13. The van der Waals surface area contributed by atoms with Crippen LogP contribution in [0.3, 0.4) is 0 Å². The van der Waals surface area contributed by atoms with Crippen molar-refractivity contribution in [3.8, 4) is 5.75 Å². The molecule has 0 aromatic heterocycles. The topological polar surface area (TPSA) is 65.9 Å². The van der Waals surface area contributed by atoms with Crippen molar-refractivity contribution in [2.75, 3.05) is 32.8 Å². The van der Waals surface area contributed by atoms with Crippen LogP contribution in [0.15, 0.2) is 29.3 Å². The second-order valence-electron chi connectivity index (χ2n) is 5.62. The number of hydrogen-bond acceptors (Lipinski definition) is 3. The SMILES string of the molecule is CCCC(CCO)CN=C(NCC)NCCOc1ccc(Cl)cc1.I. The van der Waals surface area contributed by atoms with Gasteiger partial charge in [-0.05, 0) is 49.9 Å². The van der Waals surface area contributed by atoms with E-state index in [1.54, 1.807) is 0 Å². The molecule has 1 rings (SSSR count). The van der Waals surface area contributed by atoms with Crippen LogP contribution in [-0.4, -0.2) is 43.9 Å². The molecule has 0 saturated carbocycles. The minimum absolute atomic E-state index is 0. The van der Waals surface area contributed by atoms with E-state index in [0.717, 1.165) is 44.1 Å². The van der Waals surface area contributed by atoms with Gasteiger partial charge in [0.2, 0.25) is 0 Å². The third-order valence-electron chi connectivity index (χ3n) is 3.56. The normalized spacial score (nSPS) is 12.2. The van der Waals surface area contributed by atoms with Crippen LogP contribution in [0.2, 0.25) is 5.02 Å². The highest BCUT2D eigenvalue weighted by atomic mass is 127. The third kappa shape index (κ3) is 11.5. The van der Waals surface area contributed by atoms with Gasteiger partial charge in [0.15, 0.2) is 5.96 Å². The van der Waals surface area contributed by atoms with Crippen LogP contribution in [0.5, 0.6) is 5.75 Å². The summed E-state index contributed by atoms with van der Waals surface area (Å²) >= 11 is 5.85. The first-order valence-corrected chi connectivity index (χ1v) is 9.08. The third-order valence-corrected chi connectivity index (χ3v) is 3.81. The largest absolute Gasteiger partial charge is 0.492 e. The van der Waals surface area contributed by atoms with Crippen molar-refractivity contribution in [2.24, 2.45) is 10.9 Å². The average Bonchev–Trinajstić information content (AvgIpc) is 2.58. The number of aliphatic hydroxyl groups is 1. The molecule has 0 radical (unpaired) electrons. The molecule has 0 bridgehead atoms. The van der Waals surface area contributed by atoms with E-state index in [1.165, 1.54) is 0 Å². The second-order valence-corrected chi connectivity index (χ2v) is 6.05. The Balaban J connectivity index is 0.00000576. The quantitative estimate of drug-likeness (QED) is 0.194. The number of hydrogen-bond donors (Lipinski definition) is 3. The van der Waals surface area contributed by atoms with Gasteiger partial charge in [-0.25, -0.2) is 0 Å². The standard InChI is InChI=1S/C18H30ClN3O2.HI/c1-3-5-15(10-12-23)14-22-18(20-4-2)21-11-13-24-17-8-6-16(19)7-9-17;/h6-9,15,23H,3-5,10-14H2,1-2H3,(H2,20,21,22);1H. The molecule has 0 heterocycles. The predicted octanol–water partition coefficient (Wildman–Crippen LogP) is 3.69. The number of rotatable bonds is 11. The van der Waals surface area contributed by atoms with Crippen molar-refractivity contribution in [1.29, 1.82) is 0 Å². The number of halogens is 2. The van der Waals surface area contributed by atoms with E-state index in [9.17, 15) is 0 Å². The van der Waals surface area contributed by atoms with Gasteiger partial charge in [-0.1, -0.05) is 24.9 Å². The highest BCUT2D eigenvalue weighted by Gasteiger charge is 2.07. The van der Waals surface area contributed by atoms with Crippen molar-refractivity contribution in [1.82, 2.24) is 10.6 Å². The van der Waals surface area contributed by atoms with Crippen molar-refractivity contribution in [3.05, 3.63) is 29.3 Å². The van der Waals surface area contributed by atoms with Crippen LogP contribution >= 0.6 is 35.6 Å². The van der Waals surface area contributed by atoms with Gasteiger partial charge in [0.1, 0.15) is 12.4 Å². The smallest absolute Gasteiger partial charge is 0.191 e. The Hall–Kier alpha value is -0.730. The van der Waals surface area contributed by atoms with Crippen molar-refractivity contribution >= 4 is 41.5 Å². The van der Waals surface area contributed by atoms with Gasteiger partial charge in [-0.2, -0.15) is 0 Å². The van der Waals surface area contributed by atoms with Crippen LogP contribution < -0.4 is 15.4 Å². The highest BCUT2D eigenvalue weighted by Crippen LogP contribution is 2.15. The number of aliphatic hydroxyl groups excluding tert-OH is 1. The Kier molecular flexibility index (Phi) is 15.1. The molecule has 1 aromatic rings. The molecule has 0 amide bonds. The first-order valence-electron chi connectivity index (χ1n) is 8.71. The fraction of sp³-hybridized carbons (Fsp3) is 0.611. The fourth-order valence-corrected chi connectivity index (χ4v) is 2.47. The number of nitrogens with one attached hydrogen (secondary N) is 2. The van der Waals surface area contributed by atoms with Crippen LogP contribution in [-0.2, 0) is 0 Å². The minimum Gasteiger partial charge on any atom is -0.492 e. The molecule has 0 aliphatic carbocycles. The maximum Gasteiger partial charge on any atom is 0.191 e. The summed E-state index contributed by atoms with van der Waals surface area (Å²) in [5.74, 6) is 2.02. The maximum absolute atomic E-state index is 9.13. The van der Waals surface area contributed by atoms with Gasteiger partial charge in [0, 0.05) is 24.7 Å². The molecule has 1 aromatic carbocycles. The van der Waals surface area contributed by atoms with Gasteiger partial charge in [-0.3, -0.25) is 4.99 Å². The Morgan fingerprint density at radius 1 is 1.20 bits per heavy atom. The molecular weight excluding hydrogens is 453 g/mol. The van der Waals surface area contributed by atoms with Gasteiger partial charge >= 0.3 is 0 Å². The van der Waals surface area contributed by atoms with Crippen LogP contribution in [0.4, 0.5) is 0 Å². The fourth-order valence-electron chi connectivity index (χ4n) is 2.35. The van der Waals surface area contributed by atoms with Gasteiger partial charge in [0.05, 0.1) is 6.54 Å². The van der Waals surface area contributed by atoms with Crippen molar-refractivity contribution in [2.45, 2.75) is 33.1 Å². The van der Waals surface area contributed by atoms with E-state index in [-0.39, 0.29) is 30.6 Å². The Bertz CT molecular complexity index is 466. The highest BCUT2D eigenvalue weighted by molar-refractivity contribution is 14.0. The average molecular weight is 484 g/mol. The van der Waals surface area contributed by atoms with Gasteiger partial charge in [0.25, 0.3) is 0 Å². The number of ether oxygens (including phenoxy) is 1. The molecule has 1 unspecified atom stereocenters. The lowest BCUT2D eigenvalue weighted by molar-refractivity contribution is 0.253. The number of aliphatic imine (C=N–C) groups is 1. The molecule has 7 heteroatoms. The van der Waals surface area contributed by atoms with Crippen molar-refractivity contribution in [3.63, 3.8) is 0 Å².